The third-order valence-corrected chi connectivity index (χ3v) is 1.64. The highest BCUT2D eigenvalue weighted by Gasteiger charge is 2.16. The van der Waals surface area contributed by atoms with E-state index < -0.39 is 17.5 Å². The number of aromatic carboxylic acids is 2. The Morgan fingerprint density at radius 3 is 2.20 bits per heavy atom. The molecule has 1 aromatic carbocycles. The summed E-state index contributed by atoms with van der Waals surface area (Å²) in [5, 5.41) is 17.4. The van der Waals surface area contributed by atoms with Crippen LogP contribution in [0, 0.1) is 0 Å². The van der Waals surface area contributed by atoms with Gasteiger partial charge in [-0.3, -0.25) is 4.79 Å². The quantitative estimate of drug-likeness (QED) is 0.706. The topological polar surface area (TPSA) is 101 Å². The maximum Gasteiger partial charge on any atom is 0.336 e. The fraction of sp³-hybridized carbons (Fsp3) is 0. The second kappa shape index (κ2) is 4.23. The second-order valence-corrected chi connectivity index (χ2v) is 2.53. The average molecular weight is 210 g/mol. The number of rotatable bonds is 4. The standard InChI is InChI=1S/C9H6O6/c10-4-15-5-1-2-6(8(11)12)7(3-5)9(13)14/h1-4H,(H,11,12)(H,13,14). The molecule has 6 heteroatoms. The van der Waals surface area contributed by atoms with Gasteiger partial charge in [0.1, 0.15) is 5.75 Å². The van der Waals surface area contributed by atoms with E-state index in [0.717, 1.165) is 12.1 Å². The van der Waals surface area contributed by atoms with Gasteiger partial charge in [0.25, 0.3) is 6.47 Å². The van der Waals surface area contributed by atoms with Crippen LogP contribution >= 0.6 is 0 Å². The minimum absolute atomic E-state index is 0.0209. The van der Waals surface area contributed by atoms with Gasteiger partial charge in [0.15, 0.2) is 0 Å². The lowest BCUT2D eigenvalue weighted by atomic mass is 10.1. The summed E-state index contributed by atoms with van der Waals surface area (Å²) in [5.74, 6) is -2.78. The summed E-state index contributed by atoms with van der Waals surface area (Å²) in [6.07, 6.45) is 0. The van der Waals surface area contributed by atoms with Gasteiger partial charge >= 0.3 is 11.9 Å². The number of ether oxygens (including phenoxy) is 1. The lowest BCUT2D eigenvalue weighted by Gasteiger charge is -2.03. The third-order valence-electron chi connectivity index (χ3n) is 1.64. The van der Waals surface area contributed by atoms with Gasteiger partial charge in [-0.25, -0.2) is 9.59 Å². The molecule has 78 valence electrons. The summed E-state index contributed by atoms with van der Waals surface area (Å²) in [4.78, 5) is 31.3. The molecule has 0 bridgehead atoms. The van der Waals surface area contributed by atoms with Crippen LogP contribution in [-0.4, -0.2) is 28.6 Å². The molecule has 0 unspecified atom stereocenters. The molecule has 0 fully saturated rings. The van der Waals surface area contributed by atoms with Crippen molar-refractivity contribution in [3.63, 3.8) is 0 Å². The minimum atomic E-state index is -1.40. The van der Waals surface area contributed by atoms with Crippen molar-refractivity contribution in [1.29, 1.82) is 0 Å². The SMILES string of the molecule is O=COc1ccc(C(=O)O)c(C(=O)O)c1. The molecule has 6 nitrogen and oxygen atoms in total. The van der Waals surface area contributed by atoms with Crippen molar-refractivity contribution >= 4 is 18.4 Å². The summed E-state index contributed by atoms with van der Waals surface area (Å²) in [5.41, 5.74) is -0.789. The Morgan fingerprint density at radius 1 is 1.13 bits per heavy atom. The molecular formula is C9H6O6. The molecule has 0 saturated carbocycles. The number of hydrogen-bond donors (Lipinski definition) is 2. The van der Waals surface area contributed by atoms with Gasteiger partial charge in [-0.1, -0.05) is 0 Å². The van der Waals surface area contributed by atoms with E-state index in [2.05, 4.69) is 4.74 Å². The lowest BCUT2D eigenvalue weighted by Crippen LogP contribution is -2.08. The van der Waals surface area contributed by atoms with E-state index in [-0.39, 0.29) is 17.8 Å². The van der Waals surface area contributed by atoms with E-state index in [4.69, 9.17) is 10.2 Å². The van der Waals surface area contributed by atoms with Crippen LogP contribution in [0.3, 0.4) is 0 Å². The fourth-order valence-corrected chi connectivity index (χ4v) is 1.02. The average Bonchev–Trinajstić information content (AvgIpc) is 2.17. The molecule has 0 aliphatic carbocycles. The molecule has 0 aromatic heterocycles. The molecule has 1 rings (SSSR count). The third kappa shape index (κ3) is 2.31. The molecule has 0 aliphatic rings. The van der Waals surface area contributed by atoms with E-state index in [1.165, 1.54) is 6.07 Å². The van der Waals surface area contributed by atoms with Crippen LogP contribution in [0.25, 0.3) is 0 Å². The first-order valence-electron chi connectivity index (χ1n) is 3.77. The Balaban J connectivity index is 3.26. The van der Waals surface area contributed by atoms with Crippen molar-refractivity contribution in [3.8, 4) is 5.75 Å². The van der Waals surface area contributed by atoms with Gasteiger partial charge in [0.2, 0.25) is 0 Å². The fourth-order valence-electron chi connectivity index (χ4n) is 1.02. The van der Waals surface area contributed by atoms with Gasteiger partial charge in [0, 0.05) is 0 Å². The number of benzene rings is 1. The molecular weight excluding hydrogens is 204 g/mol. The summed E-state index contributed by atoms with van der Waals surface area (Å²) in [6, 6.07) is 3.23. The van der Waals surface area contributed by atoms with E-state index >= 15 is 0 Å². The molecule has 0 atom stereocenters. The van der Waals surface area contributed by atoms with Crippen molar-refractivity contribution in [2.75, 3.05) is 0 Å². The number of hydrogen-bond acceptors (Lipinski definition) is 4. The largest absolute Gasteiger partial charge is 0.478 e. The summed E-state index contributed by atoms with van der Waals surface area (Å²) in [6.45, 7) is 0.126. The van der Waals surface area contributed by atoms with Crippen molar-refractivity contribution in [3.05, 3.63) is 29.3 Å². The predicted molar refractivity (Wildman–Crippen MR) is 47.1 cm³/mol. The van der Waals surface area contributed by atoms with Gasteiger partial charge < -0.3 is 14.9 Å². The van der Waals surface area contributed by atoms with Gasteiger partial charge in [0.05, 0.1) is 11.1 Å². The van der Waals surface area contributed by atoms with Crippen molar-refractivity contribution < 1.29 is 29.3 Å². The first-order valence-corrected chi connectivity index (χ1v) is 3.77. The maximum atomic E-state index is 10.7. The van der Waals surface area contributed by atoms with E-state index in [9.17, 15) is 14.4 Å². The maximum absolute atomic E-state index is 10.7. The van der Waals surface area contributed by atoms with Crippen LogP contribution in [0.1, 0.15) is 20.7 Å². The molecule has 0 amide bonds. The van der Waals surface area contributed by atoms with Gasteiger partial charge in [-0.05, 0) is 18.2 Å². The second-order valence-electron chi connectivity index (χ2n) is 2.53. The highest BCUT2D eigenvalue weighted by atomic mass is 16.5. The first-order chi connectivity index (χ1) is 7.06. The summed E-state index contributed by atoms with van der Waals surface area (Å²) < 4.78 is 4.39. The summed E-state index contributed by atoms with van der Waals surface area (Å²) in [7, 11) is 0. The zero-order valence-electron chi connectivity index (χ0n) is 7.34. The van der Waals surface area contributed by atoms with Gasteiger partial charge in [-0.2, -0.15) is 0 Å². The number of carboxylic acid groups (broad SMARTS) is 2. The predicted octanol–water partition coefficient (Wildman–Crippen LogP) is 0.618. The number of carbonyl (C=O) groups excluding carboxylic acids is 1. The zero-order valence-corrected chi connectivity index (χ0v) is 7.34. The van der Waals surface area contributed by atoms with Gasteiger partial charge in [-0.15, -0.1) is 0 Å². The Hall–Kier alpha value is -2.37. The smallest absolute Gasteiger partial charge is 0.336 e. The van der Waals surface area contributed by atoms with Crippen LogP contribution in [-0.2, 0) is 4.79 Å². The molecule has 15 heavy (non-hydrogen) atoms. The molecule has 0 aliphatic heterocycles. The van der Waals surface area contributed by atoms with E-state index in [1.54, 1.807) is 0 Å². The van der Waals surface area contributed by atoms with Crippen LogP contribution in [0.2, 0.25) is 0 Å². The van der Waals surface area contributed by atoms with Crippen LogP contribution < -0.4 is 4.74 Å². The molecule has 0 heterocycles. The molecule has 2 N–H and O–H groups in total. The Kier molecular flexibility index (Phi) is 3.02. The zero-order chi connectivity index (χ0) is 11.4. The highest BCUT2D eigenvalue weighted by molar-refractivity contribution is 6.02. The Labute approximate surface area is 83.7 Å². The van der Waals surface area contributed by atoms with E-state index in [0.29, 0.717) is 0 Å². The van der Waals surface area contributed by atoms with Crippen molar-refractivity contribution in [2.24, 2.45) is 0 Å². The van der Waals surface area contributed by atoms with Crippen LogP contribution in [0.15, 0.2) is 18.2 Å². The number of carboxylic acids is 2. The lowest BCUT2D eigenvalue weighted by molar-refractivity contribution is -0.120. The van der Waals surface area contributed by atoms with Crippen molar-refractivity contribution in [1.82, 2.24) is 0 Å². The highest BCUT2D eigenvalue weighted by Crippen LogP contribution is 2.17. The van der Waals surface area contributed by atoms with Crippen LogP contribution in [0.4, 0.5) is 0 Å². The number of carbonyl (C=O) groups is 3. The molecule has 0 spiro atoms. The van der Waals surface area contributed by atoms with Crippen molar-refractivity contribution in [2.45, 2.75) is 0 Å². The first kappa shape index (κ1) is 10.7. The summed E-state index contributed by atoms with van der Waals surface area (Å²) >= 11 is 0. The molecule has 0 saturated heterocycles. The molecule has 1 aromatic rings. The van der Waals surface area contributed by atoms with E-state index in [1.807, 2.05) is 0 Å². The van der Waals surface area contributed by atoms with Crippen LogP contribution in [0.5, 0.6) is 5.75 Å². The Bertz CT molecular complexity index is 423. The molecule has 0 radical (unpaired) electrons. The normalized spacial score (nSPS) is 9.33. The monoisotopic (exact) mass is 210 g/mol. The Morgan fingerprint density at radius 2 is 1.73 bits per heavy atom. The minimum Gasteiger partial charge on any atom is -0.478 e.